The highest BCUT2D eigenvalue weighted by Crippen LogP contribution is 2.61. The highest BCUT2D eigenvalue weighted by molar-refractivity contribution is 5.81. The number of carbonyl (C=O) groups excluding carboxylic acids is 1. The van der Waals surface area contributed by atoms with E-state index in [0.717, 1.165) is 37.0 Å². The quantitative estimate of drug-likeness (QED) is 0.388. The van der Waals surface area contributed by atoms with E-state index in [1.165, 1.54) is 30.2 Å². The van der Waals surface area contributed by atoms with Crippen LogP contribution in [0.2, 0.25) is 0 Å². The van der Waals surface area contributed by atoms with Crippen LogP contribution in [0.1, 0.15) is 57.6 Å². The van der Waals surface area contributed by atoms with Crippen molar-refractivity contribution in [1.29, 1.82) is 0 Å². The lowest BCUT2D eigenvalue weighted by Crippen LogP contribution is -2.47. The first-order valence-electron chi connectivity index (χ1n) is 11.9. The van der Waals surface area contributed by atoms with Crippen molar-refractivity contribution in [2.24, 2.45) is 23.2 Å². The zero-order valence-corrected chi connectivity index (χ0v) is 18.8. The molecule has 7 rings (SSSR count). The van der Waals surface area contributed by atoms with Crippen molar-refractivity contribution >= 4 is 23.0 Å². The third-order valence-corrected chi connectivity index (χ3v) is 8.42. The number of halogens is 1. The largest absolute Gasteiger partial charge is 0.461 e. The zero-order chi connectivity index (χ0) is 23.7. The minimum absolute atomic E-state index is 0.0479. The number of aliphatic hydroxyl groups is 1. The molecule has 0 aromatic carbocycles. The number of ether oxygens (including phenoxy) is 2. The number of aliphatic hydroxyl groups excluding tert-OH is 1. The van der Waals surface area contributed by atoms with Gasteiger partial charge in [-0.3, -0.25) is 9.36 Å². The van der Waals surface area contributed by atoms with Gasteiger partial charge in [0.1, 0.15) is 18.9 Å². The van der Waals surface area contributed by atoms with Gasteiger partial charge in [-0.2, -0.15) is 14.4 Å². The molecule has 1 aliphatic heterocycles. The Balaban J connectivity index is 1.15. The smallest absolute Gasteiger partial charge is 0.312 e. The fourth-order valence-corrected chi connectivity index (χ4v) is 7.40. The fourth-order valence-electron chi connectivity index (χ4n) is 7.40. The Morgan fingerprint density at radius 1 is 1.26 bits per heavy atom. The number of nitrogen functional groups attached to an aromatic ring is 1. The van der Waals surface area contributed by atoms with Gasteiger partial charge in [-0.25, -0.2) is 4.98 Å². The molecule has 2 aromatic rings. The van der Waals surface area contributed by atoms with Gasteiger partial charge in [0.15, 0.2) is 22.6 Å². The summed E-state index contributed by atoms with van der Waals surface area (Å²) in [5.74, 6) is 4.32. The number of fused-ring (bicyclic) bond motifs is 1. The predicted molar refractivity (Wildman–Crippen MR) is 118 cm³/mol. The molecule has 3 heterocycles. The summed E-state index contributed by atoms with van der Waals surface area (Å²) in [6.45, 7) is -0.259. The number of aromatic nitrogens is 4. The van der Waals surface area contributed by atoms with Crippen LogP contribution >= 0.6 is 0 Å². The van der Waals surface area contributed by atoms with Crippen molar-refractivity contribution in [3.8, 4) is 12.3 Å². The maximum atomic E-state index is 13.7. The molecular formula is C24H28FN5O4. The van der Waals surface area contributed by atoms with Gasteiger partial charge >= 0.3 is 12.0 Å². The van der Waals surface area contributed by atoms with Crippen LogP contribution in [0, 0.1) is 41.6 Å². The number of imidazole rings is 1. The Morgan fingerprint density at radius 3 is 2.59 bits per heavy atom. The summed E-state index contributed by atoms with van der Waals surface area (Å²) in [7, 11) is 0. The average Bonchev–Trinajstić information content (AvgIpc) is 3.32. The second-order valence-electron chi connectivity index (χ2n) is 10.8. The minimum Gasteiger partial charge on any atom is -0.461 e. The molecule has 4 bridgehead atoms. The van der Waals surface area contributed by atoms with Crippen LogP contribution in [0.4, 0.5) is 10.2 Å². The van der Waals surface area contributed by atoms with Crippen LogP contribution in [-0.2, 0) is 14.3 Å². The average molecular weight is 470 g/mol. The number of nitrogens with two attached hydrogens (primary N) is 1. The Kier molecular flexibility index (Phi) is 4.87. The van der Waals surface area contributed by atoms with E-state index >= 15 is 0 Å². The first-order valence-corrected chi connectivity index (χ1v) is 11.9. The van der Waals surface area contributed by atoms with Gasteiger partial charge in [0, 0.05) is 6.42 Å². The highest BCUT2D eigenvalue weighted by Gasteiger charge is 2.53. The summed E-state index contributed by atoms with van der Waals surface area (Å²) in [5, 5.41) is 10.8. The van der Waals surface area contributed by atoms with Crippen LogP contribution in [0.5, 0.6) is 0 Å². The number of esters is 1. The molecule has 3 N–H and O–H groups in total. The Bertz CT molecular complexity index is 1160. The van der Waals surface area contributed by atoms with Crippen molar-refractivity contribution in [2.45, 2.75) is 69.3 Å². The summed E-state index contributed by atoms with van der Waals surface area (Å²) in [4.78, 5) is 24.3. The molecule has 5 aliphatic rings. The first kappa shape index (κ1) is 21.7. The van der Waals surface area contributed by atoms with E-state index in [-0.39, 0.29) is 41.4 Å². The molecule has 4 aliphatic carbocycles. The standard InChI is InChI=1S/C24H28FN5O4/c1-2-24(11-33-18(32)10-23-7-13-3-14(8-23)5-15(4-13)9-23)16(31)6-17(34-24)30-12-27-19-20(26)28-22(25)29-21(19)30/h1,12-17,31H,3-11H2,(H2,26,28,29)/t13?,14?,15?,16-,17+,23?,24+/m0/s1. The fraction of sp³-hybridized carbons (Fsp3) is 0.667. The number of anilines is 1. The van der Waals surface area contributed by atoms with E-state index in [1.54, 1.807) is 0 Å². The minimum atomic E-state index is -1.52. The number of terminal acetylenes is 1. The first-order chi connectivity index (χ1) is 16.3. The number of rotatable bonds is 5. The SMILES string of the molecule is C#C[C@]1(COC(=O)CC23CC4CC(CC(C4)C2)C3)O[C@@H](n2cnc3c(N)nc(F)nc32)C[C@@H]1O. The predicted octanol–water partition coefficient (Wildman–Crippen LogP) is 2.35. The zero-order valence-electron chi connectivity index (χ0n) is 18.8. The lowest BCUT2D eigenvalue weighted by molar-refractivity contribution is -0.163. The van der Waals surface area contributed by atoms with E-state index in [1.807, 2.05) is 0 Å². The molecule has 5 fully saturated rings. The summed E-state index contributed by atoms with van der Waals surface area (Å²) in [5.41, 5.74) is 4.62. The Hall–Kier alpha value is -2.77. The molecule has 0 amide bonds. The van der Waals surface area contributed by atoms with Gasteiger partial charge in [-0.15, -0.1) is 6.42 Å². The van der Waals surface area contributed by atoms with Crippen molar-refractivity contribution in [1.82, 2.24) is 19.5 Å². The van der Waals surface area contributed by atoms with Gasteiger partial charge in [0.25, 0.3) is 0 Å². The molecule has 9 nitrogen and oxygen atoms in total. The summed E-state index contributed by atoms with van der Waals surface area (Å²) < 4.78 is 26.8. The molecule has 0 spiro atoms. The summed E-state index contributed by atoms with van der Waals surface area (Å²) in [6, 6.07) is 0. The van der Waals surface area contributed by atoms with E-state index in [0.29, 0.717) is 6.42 Å². The summed E-state index contributed by atoms with van der Waals surface area (Å²) >= 11 is 0. The molecule has 3 atom stereocenters. The second-order valence-corrected chi connectivity index (χ2v) is 10.8. The van der Waals surface area contributed by atoms with Gasteiger partial charge in [0.2, 0.25) is 0 Å². The molecule has 10 heteroatoms. The van der Waals surface area contributed by atoms with Crippen molar-refractivity contribution in [2.75, 3.05) is 12.3 Å². The third kappa shape index (κ3) is 3.45. The lowest BCUT2D eigenvalue weighted by atomic mass is 9.49. The maximum absolute atomic E-state index is 13.7. The van der Waals surface area contributed by atoms with Crippen LogP contribution in [-0.4, -0.2) is 48.9 Å². The van der Waals surface area contributed by atoms with Crippen molar-refractivity contribution < 1.29 is 23.8 Å². The van der Waals surface area contributed by atoms with Crippen molar-refractivity contribution in [3.05, 3.63) is 12.4 Å². The van der Waals surface area contributed by atoms with Gasteiger partial charge in [0.05, 0.1) is 12.7 Å². The molecule has 2 aromatic heterocycles. The van der Waals surface area contributed by atoms with E-state index in [2.05, 4.69) is 20.9 Å². The number of nitrogens with zero attached hydrogens (tertiary/aromatic N) is 4. The van der Waals surface area contributed by atoms with Gasteiger partial charge < -0.3 is 20.3 Å². The lowest BCUT2D eigenvalue weighted by Gasteiger charge is -2.56. The van der Waals surface area contributed by atoms with Crippen LogP contribution in [0.3, 0.4) is 0 Å². The van der Waals surface area contributed by atoms with Crippen molar-refractivity contribution in [3.63, 3.8) is 0 Å². The number of carbonyl (C=O) groups is 1. The molecule has 180 valence electrons. The molecule has 4 saturated carbocycles. The van der Waals surface area contributed by atoms with Gasteiger partial charge in [-0.1, -0.05) is 5.92 Å². The second kappa shape index (κ2) is 7.62. The van der Waals surface area contributed by atoms with E-state index in [9.17, 15) is 14.3 Å². The number of hydrogen-bond donors (Lipinski definition) is 2. The van der Waals surface area contributed by atoms with Crippen LogP contribution in [0.15, 0.2) is 6.33 Å². The molecule has 0 unspecified atom stereocenters. The highest BCUT2D eigenvalue weighted by atomic mass is 19.1. The Labute approximate surface area is 196 Å². The molecule has 34 heavy (non-hydrogen) atoms. The van der Waals surface area contributed by atoms with E-state index < -0.39 is 24.0 Å². The topological polar surface area (TPSA) is 125 Å². The third-order valence-electron chi connectivity index (χ3n) is 8.42. The molecule has 0 radical (unpaired) electrons. The molecule has 1 saturated heterocycles. The van der Waals surface area contributed by atoms with Crippen LogP contribution in [0.25, 0.3) is 11.2 Å². The normalized spacial score (nSPS) is 38.3. The maximum Gasteiger partial charge on any atom is 0.312 e. The summed E-state index contributed by atoms with van der Waals surface area (Å²) in [6.07, 6.45) is 12.0. The monoisotopic (exact) mass is 469 g/mol. The Morgan fingerprint density at radius 2 is 1.94 bits per heavy atom. The van der Waals surface area contributed by atoms with Crippen LogP contribution < -0.4 is 5.73 Å². The van der Waals surface area contributed by atoms with Gasteiger partial charge in [-0.05, 0) is 61.7 Å². The molecular weight excluding hydrogens is 441 g/mol. The van der Waals surface area contributed by atoms with E-state index in [4.69, 9.17) is 21.6 Å². The number of hydrogen-bond acceptors (Lipinski definition) is 8.